The fourth-order valence-electron chi connectivity index (χ4n) is 1.96. The van der Waals surface area contributed by atoms with Crippen LogP contribution in [0.1, 0.15) is 10.6 Å². The normalized spacial score (nSPS) is 10.9. The molecule has 0 fully saturated rings. The molecular formula is C15H14N2O2S. The molecule has 0 aliphatic rings. The van der Waals surface area contributed by atoms with Gasteiger partial charge in [-0.3, -0.25) is 0 Å². The molecule has 0 aliphatic carbocycles. The Balaban J connectivity index is 1.94. The monoisotopic (exact) mass is 286 g/mol. The molecule has 4 nitrogen and oxygen atoms in total. The second-order valence-electron chi connectivity index (χ2n) is 4.49. The molecule has 102 valence electrons. The Hall–Kier alpha value is -2.11. The van der Waals surface area contributed by atoms with Crippen LogP contribution in [0.4, 0.5) is 5.69 Å². The number of aliphatic hydroxyl groups excluding tert-OH is 1. The highest BCUT2D eigenvalue weighted by Gasteiger charge is 2.08. The van der Waals surface area contributed by atoms with Gasteiger partial charge in [-0.15, -0.1) is 11.3 Å². The molecule has 0 bridgehead atoms. The highest BCUT2D eigenvalue weighted by Crippen LogP contribution is 2.34. The van der Waals surface area contributed by atoms with Gasteiger partial charge in [0.05, 0.1) is 27.5 Å². The van der Waals surface area contributed by atoms with Crippen molar-refractivity contribution in [1.29, 1.82) is 0 Å². The van der Waals surface area contributed by atoms with Gasteiger partial charge in [0.15, 0.2) is 5.75 Å². The summed E-state index contributed by atoms with van der Waals surface area (Å²) in [6, 6.07) is 11.0. The Labute approximate surface area is 120 Å². The summed E-state index contributed by atoms with van der Waals surface area (Å²) in [7, 11) is 0. The van der Waals surface area contributed by atoms with Gasteiger partial charge in [0.1, 0.15) is 5.75 Å². The first-order valence-corrected chi connectivity index (χ1v) is 7.01. The topological polar surface area (TPSA) is 68.4 Å². The van der Waals surface area contributed by atoms with Gasteiger partial charge >= 0.3 is 0 Å². The molecule has 0 spiro atoms. The van der Waals surface area contributed by atoms with E-state index in [0.29, 0.717) is 17.2 Å². The maximum Gasteiger partial charge on any atom is 0.152 e. The van der Waals surface area contributed by atoms with Crippen molar-refractivity contribution in [1.82, 2.24) is 4.98 Å². The summed E-state index contributed by atoms with van der Waals surface area (Å²) in [6.07, 6.45) is 0. The molecule has 0 amide bonds. The summed E-state index contributed by atoms with van der Waals surface area (Å²) >= 11 is 1.61. The number of aryl methyl sites for hydroxylation is 1. The summed E-state index contributed by atoms with van der Waals surface area (Å²) in [4.78, 5) is 4.43. The van der Waals surface area contributed by atoms with E-state index in [1.165, 1.54) is 0 Å². The van der Waals surface area contributed by atoms with Crippen molar-refractivity contribution in [2.24, 2.45) is 0 Å². The molecule has 0 unspecified atom stereocenters. The van der Waals surface area contributed by atoms with Crippen LogP contribution in [-0.4, -0.2) is 10.1 Å². The number of benzene rings is 2. The lowest BCUT2D eigenvalue weighted by molar-refractivity contribution is 0.281. The standard InChI is InChI=1S/C15H14N2O2S/c1-9-17-13-7-14(12(16)6-15(13)20-9)19-11-4-2-10(8-18)3-5-11/h2-7,18H,8,16H2,1H3. The Morgan fingerprint density at radius 1 is 1.25 bits per heavy atom. The predicted molar refractivity (Wildman–Crippen MR) is 81.2 cm³/mol. The number of anilines is 1. The third kappa shape index (κ3) is 2.45. The van der Waals surface area contributed by atoms with E-state index >= 15 is 0 Å². The van der Waals surface area contributed by atoms with Crippen LogP contribution in [0.25, 0.3) is 10.2 Å². The summed E-state index contributed by atoms with van der Waals surface area (Å²) in [5.74, 6) is 1.28. The van der Waals surface area contributed by atoms with E-state index in [4.69, 9.17) is 15.6 Å². The zero-order chi connectivity index (χ0) is 14.1. The number of aromatic nitrogens is 1. The van der Waals surface area contributed by atoms with Gasteiger partial charge in [0, 0.05) is 6.07 Å². The zero-order valence-electron chi connectivity index (χ0n) is 11.0. The van der Waals surface area contributed by atoms with Crippen molar-refractivity contribution in [2.75, 3.05) is 5.73 Å². The first kappa shape index (κ1) is 12.9. The minimum atomic E-state index is 0.0203. The SMILES string of the molecule is Cc1nc2cc(Oc3ccc(CO)cc3)c(N)cc2s1. The van der Waals surface area contributed by atoms with Crippen molar-refractivity contribution in [3.8, 4) is 11.5 Å². The first-order valence-electron chi connectivity index (χ1n) is 6.20. The van der Waals surface area contributed by atoms with E-state index in [1.807, 2.05) is 43.3 Å². The number of rotatable bonds is 3. The van der Waals surface area contributed by atoms with Crippen LogP contribution in [0.15, 0.2) is 36.4 Å². The number of aliphatic hydroxyl groups is 1. The van der Waals surface area contributed by atoms with Crippen LogP contribution in [0.3, 0.4) is 0 Å². The van der Waals surface area contributed by atoms with Crippen LogP contribution < -0.4 is 10.5 Å². The van der Waals surface area contributed by atoms with Crippen LogP contribution in [-0.2, 0) is 6.61 Å². The van der Waals surface area contributed by atoms with Gasteiger partial charge in [0.25, 0.3) is 0 Å². The molecule has 0 aliphatic heterocycles. The molecule has 2 aromatic carbocycles. The third-order valence-electron chi connectivity index (χ3n) is 2.96. The van der Waals surface area contributed by atoms with Crippen LogP contribution >= 0.6 is 11.3 Å². The highest BCUT2D eigenvalue weighted by molar-refractivity contribution is 7.18. The fraction of sp³-hybridized carbons (Fsp3) is 0.133. The van der Waals surface area contributed by atoms with Gasteiger partial charge in [-0.2, -0.15) is 0 Å². The van der Waals surface area contributed by atoms with Crippen molar-refractivity contribution < 1.29 is 9.84 Å². The first-order chi connectivity index (χ1) is 9.65. The smallest absolute Gasteiger partial charge is 0.152 e. The van der Waals surface area contributed by atoms with Gasteiger partial charge in [-0.05, 0) is 30.7 Å². The Morgan fingerprint density at radius 3 is 2.70 bits per heavy atom. The van der Waals surface area contributed by atoms with Gasteiger partial charge in [-0.25, -0.2) is 4.98 Å². The second kappa shape index (κ2) is 5.11. The van der Waals surface area contributed by atoms with E-state index in [9.17, 15) is 0 Å². The zero-order valence-corrected chi connectivity index (χ0v) is 11.8. The molecular weight excluding hydrogens is 272 g/mol. The molecule has 0 saturated heterocycles. The largest absolute Gasteiger partial charge is 0.455 e. The summed E-state index contributed by atoms with van der Waals surface area (Å²) in [6.45, 7) is 1.99. The number of nitrogens with zero attached hydrogens (tertiary/aromatic N) is 1. The minimum absolute atomic E-state index is 0.0203. The number of hydrogen-bond donors (Lipinski definition) is 2. The molecule has 3 rings (SSSR count). The van der Waals surface area contributed by atoms with E-state index in [-0.39, 0.29) is 6.61 Å². The van der Waals surface area contributed by atoms with E-state index in [2.05, 4.69) is 4.98 Å². The summed E-state index contributed by atoms with van der Waals surface area (Å²) in [5, 5.41) is 10.0. The van der Waals surface area contributed by atoms with Gasteiger partial charge in [0.2, 0.25) is 0 Å². The van der Waals surface area contributed by atoms with Gasteiger partial charge in [-0.1, -0.05) is 12.1 Å². The Bertz CT molecular complexity index is 750. The maximum absolute atomic E-state index is 9.02. The maximum atomic E-state index is 9.02. The number of fused-ring (bicyclic) bond motifs is 1. The van der Waals surface area contributed by atoms with Crippen molar-refractivity contribution in [3.05, 3.63) is 47.0 Å². The molecule has 0 atom stereocenters. The van der Waals surface area contributed by atoms with Crippen LogP contribution in [0.5, 0.6) is 11.5 Å². The number of nitrogens with two attached hydrogens (primary N) is 1. The van der Waals surface area contributed by atoms with Crippen molar-refractivity contribution in [2.45, 2.75) is 13.5 Å². The molecule has 5 heteroatoms. The lowest BCUT2D eigenvalue weighted by Gasteiger charge is -2.08. The van der Waals surface area contributed by atoms with E-state index in [1.54, 1.807) is 11.3 Å². The second-order valence-corrected chi connectivity index (χ2v) is 5.73. The number of thiazole rings is 1. The van der Waals surface area contributed by atoms with Crippen molar-refractivity contribution >= 4 is 27.2 Å². The molecule has 1 aromatic heterocycles. The van der Waals surface area contributed by atoms with E-state index in [0.717, 1.165) is 20.8 Å². The summed E-state index contributed by atoms with van der Waals surface area (Å²) in [5.41, 5.74) is 8.34. The van der Waals surface area contributed by atoms with Gasteiger partial charge < -0.3 is 15.6 Å². The number of nitrogen functional groups attached to an aromatic ring is 1. The van der Waals surface area contributed by atoms with E-state index < -0.39 is 0 Å². The number of hydrogen-bond acceptors (Lipinski definition) is 5. The van der Waals surface area contributed by atoms with Crippen LogP contribution in [0, 0.1) is 6.92 Å². The lowest BCUT2D eigenvalue weighted by atomic mass is 10.2. The number of ether oxygens (including phenoxy) is 1. The molecule has 0 saturated carbocycles. The molecule has 1 heterocycles. The molecule has 3 aromatic rings. The average Bonchev–Trinajstić information content (AvgIpc) is 2.79. The summed E-state index contributed by atoms with van der Waals surface area (Å²) < 4.78 is 6.84. The molecule has 20 heavy (non-hydrogen) atoms. The third-order valence-corrected chi connectivity index (χ3v) is 3.89. The Kier molecular flexibility index (Phi) is 3.30. The van der Waals surface area contributed by atoms with Crippen molar-refractivity contribution in [3.63, 3.8) is 0 Å². The highest BCUT2D eigenvalue weighted by atomic mass is 32.1. The predicted octanol–water partition coefficient (Wildman–Crippen LogP) is 3.47. The minimum Gasteiger partial charge on any atom is -0.455 e. The fourth-order valence-corrected chi connectivity index (χ4v) is 2.82. The van der Waals surface area contributed by atoms with Crippen LogP contribution in [0.2, 0.25) is 0 Å². The quantitative estimate of drug-likeness (QED) is 0.723. The lowest BCUT2D eigenvalue weighted by Crippen LogP contribution is -1.92. The molecule has 3 N–H and O–H groups in total. The average molecular weight is 286 g/mol. The Morgan fingerprint density at radius 2 is 2.00 bits per heavy atom. The molecule has 0 radical (unpaired) electrons.